The van der Waals surface area contributed by atoms with E-state index in [0.717, 1.165) is 0 Å². The lowest BCUT2D eigenvalue weighted by atomic mass is 9.95. The van der Waals surface area contributed by atoms with Crippen molar-refractivity contribution in [2.75, 3.05) is 0 Å². The summed E-state index contributed by atoms with van der Waals surface area (Å²) >= 11 is 0. The highest BCUT2D eigenvalue weighted by molar-refractivity contribution is 5.97. The minimum atomic E-state index is -0.377. The van der Waals surface area contributed by atoms with Gasteiger partial charge in [-0.15, -0.1) is 0 Å². The largest absolute Gasteiger partial charge is 0.342 e. The van der Waals surface area contributed by atoms with E-state index in [1.807, 2.05) is 27.7 Å². The fourth-order valence-electron chi connectivity index (χ4n) is 1.56. The maximum Gasteiger partial charge on any atom is 0.243 e. The molecule has 0 spiro atoms. The minimum absolute atomic E-state index is 0.0710. The average Bonchev–Trinajstić information content (AvgIpc) is 2.07. The molecule has 1 aliphatic heterocycles. The molecule has 4 heteroatoms. The van der Waals surface area contributed by atoms with E-state index in [2.05, 4.69) is 10.6 Å². The molecule has 14 heavy (non-hydrogen) atoms. The molecule has 0 aromatic heterocycles. The van der Waals surface area contributed by atoms with Crippen LogP contribution in [0, 0.1) is 11.8 Å². The van der Waals surface area contributed by atoms with Crippen molar-refractivity contribution in [1.82, 2.24) is 10.6 Å². The Labute approximate surface area is 84.4 Å². The Morgan fingerprint density at radius 3 is 1.36 bits per heavy atom. The van der Waals surface area contributed by atoms with E-state index in [1.54, 1.807) is 0 Å². The van der Waals surface area contributed by atoms with Crippen molar-refractivity contribution in [2.24, 2.45) is 11.8 Å². The molecule has 80 valence electrons. The molecular weight excluding hydrogens is 180 g/mol. The van der Waals surface area contributed by atoms with Gasteiger partial charge in [0.1, 0.15) is 12.1 Å². The van der Waals surface area contributed by atoms with Crippen LogP contribution in [0.3, 0.4) is 0 Å². The van der Waals surface area contributed by atoms with Gasteiger partial charge in [0.25, 0.3) is 0 Å². The zero-order valence-electron chi connectivity index (χ0n) is 9.13. The molecule has 1 fully saturated rings. The summed E-state index contributed by atoms with van der Waals surface area (Å²) in [4.78, 5) is 23.1. The van der Waals surface area contributed by atoms with Crippen LogP contribution >= 0.6 is 0 Å². The van der Waals surface area contributed by atoms with Gasteiger partial charge in [-0.1, -0.05) is 27.7 Å². The zero-order chi connectivity index (χ0) is 10.9. The van der Waals surface area contributed by atoms with Crippen LogP contribution in [0.4, 0.5) is 0 Å². The second-order valence-corrected chi connectivity index (χ2v) is 4.46. The average molecular weight is 198 g/mol. The Kier molecular flexibility index (Phi) is 3.13. The molecule has 1 rings (SSSR count). The second-order valence-electron chi connectivity index (χ2n) is 4.46. The number of hydrogen-bond donors (Lipinski definition) is 2. The van der Waals surface area contributed by atoms with E-state index in [0.29, 0.717) is 0 Å². The number of carbonyl (C=O) groups excluding carboxylic acids is 2. The van der Waals surface area contributed by atoms with Gasteiger partial charge in [-0.3, -0.25) is 9.59 Å². The number of nitrogens with one attached hydrogen (secondary N) is 2. The monoisotopic (exact) mass is 198 g/mol. The molecule has 1 aliphatic rings. The van der Waals surface area contributed by atoms with Gasteiger partial charge >= 0.3 is 0 Å². The highest BCUT2D eigenvalue weighted by Gasteiger charge is 2.36. The van der Waals surface area contributed by atoms with Gasteiger partial charge in [-0.05, 0) is 11.8 Å². The Hall–Kier alpha value is -1.06. The molecule has 0 saturated carbocycles. The SMILES string of the molecule is CC(C)[C@@H]1NC(=O)[C@H](C(C)C)NC1=O. The summed E-state index contributed by atoms with van der Waals surface area (Å²) < 4.78 is 0. The van der Waals surface area contributed by atoms with Crippen LogP contribution in [0.25, 0.3) is 0 Å². The van der Waals surface area contributed by atoms with E-state index in [4.69, 9.17) is 0 Å². The first-order valence-corrected chi connectivity index (χ1v) is 5.04. The van der Waals surface area contributed by atoms with Crippen LogP contribution in [0.1, 0.15) is 27.7 Å². The van der Waals surface area contributed by atoms with E-state index in [1.165, 1.54) is 0 Å². The molecule has 0 bridgehead atoms. The fourth-order valence-corrected chi connectivity index (χ4v) is 1.56. The van der Waals surface area contributed by atoms with Crippen LogP contribution in [0.2, 0.25) is 0 Å². The van der Waals surface area contributed by atoms with Crippen LogP contribution < -0.4 is 10.6 Å². The number of amides is 2. The number of hydrogen-bond acceptors (Lipinski definition) is 2. The summed E-state index contributed by atoms with van der Waals surface area (Å²) in [7, 11) is 0. The number of rotatable bonds is 2. The molecular formula is C10H18N2O2. The van der Waals surface area contributed by atoms with Gasteiger partial charge in [0.2, 0.25) is 11.8 Å². The summed E-state index contributed by atoms with van der Waals surface area (Å²) in [5.41, 5.74) is 0. The summed E-state index contributed by atoms with van der Waals surface area (Å²) in [5.74, 6) is 0.121. The molecule has 1 heterocycles. The molecule has 0 aromatic carbocycles. The van der Waals surface area contributed by atoms with Gasteiger partial charge in [0, 0.05) is 0 Å². The van der Waals surface area contributed by atoms with E-state index >= 15 is 0 Å². The summed E-state index contributed by atoms with van der Waals surface area (Å²) in [6.45, 7) is 7.67. The lowest BCUT2D eigenvalue weighted by Crippen LogP contribution is -2.64. The van der Waals surface area contributed by atoms with Crippen LogP contribution in [-0.2, 0) is 9.59 Å². The van der Waals surface area contributed by atoms with E-state index in [9.17, 15) is 9.59 Å². The third kappa shape index (κ3) is 2.05. The van der Waals surface area contributed by atoms with Gasteiger partial charge in [0.05, 0.1) is 0 Å². The van der Waals surface area contributed by atoms with Crippen LogP contribution in [0.15, 0.2) is 0 Å². The third-order valence-electron chi connectivity index (χ3n) is 2.49. The van der Waals surface area contributed by atoms with Gasteiger partial charge < -0.3 is 10.6 Å². The van der Waals surface area contributed by atoms with Crippen molar-refractivity contribution >= 4 is 11.8 Å². The molecule has 0 aliphatic carbocycles. The molecule has 2 amide bonds. The number of carbonyl (C=O) groups is 2. The van der Waals surface area contributed by atoms with Gasteiger partial charge in [0.15, 0.2) is 0 Å². The third-order valence-corrected chi connectivity index (χ3v) is 2.49. The van der Waals surface area contributed by atoms with Gasteiger partial charge in [-0.2, -0.15) is 0 Å². The topological polar surface area (TPSA) is 58.2 Å². The first-order valence-electron chi connectivity index (χ1n) is 5.04. The highest BCUT2D eigenvalue weighted by Crippen LogP contribution is 2.11. The predicted molar refractivity (Wildman–Crippen MR) is 53.5 cm³/mol. The minimum Gasteiger partial charge on any atom is -0.342 e. The Balaban J connectivity index is 2.72. The first-order chi connectivity index (χ1) is 6.43. The Morgan fingerprint density at radius 2 is 1.14 bits per heavy atom. The van der Waals surface area contributed by atoms with Crippen molar-refractivity contribution in [2.45, 2.75) is 39.8 Å². The Morgan fingerprint density at radius 1 is 0.857 bits per heavy atom. The quantitative estimate of drug-likeness (QED) is 0.669. The molecule has 4 nitrogen and oxygen atoms in total. The second kappa shape index (κ2) is 3.98. The van der Waals surface area contributed by atoms with Crippen molar-refractivity contribution in [1.29, 1.82) is 0 Å². The van der Waals surface area contributed by atoms with E-state index in [-0.39, 0.29) is 35.7 Å². The Bertz CT molecular complexity index is 223. The highest BCUT2D eigenvalue weighted by atomic mass is 16.2. The summed E-state index contributed by atoms with van der Waals surface area (Å²) in [5, 5.41) is 5.49. The maximum absolute atomic E-state index is 11.6. The smallest absolute Gasteiger partial charge is 0.243 e. The summed E-state index contributed by atoms with van der Waals surface area (Å²) in [6, 6.07) is -0.755. The van der Waals surface area contributed by atoms with Crippen molar-refractivity contribution in [3.05, 3.63) is 0 Å². The van der Waals surface area contributed by atoms with Gasteiger partial charge in [-0.25, -0.2) is 0 Å². The molecule has 0 aromatic rings. The predicted octanol–water partition coefficient (Wildman–Crippen LogP) is 0.282. The summed E-state index contributed by atoms with van der Waals surface area (Å²) in [6.07, 6.45) is 0. The molecule has 2 atom stereocenters. The van der Waals surface area contributed by atoms with Crippen molar-refractivity contribution in [3.8, 4) is 0 Å². The molecule has 0 unspecified atom stereocenters. The maximum atomic E-state index is 11.6. The first kappa shape index (κ1) is 11.0. The van der Waals surface area contributed by atoms with Crippen molar-refractivity contribution in [3.63, 3.8) is 0 Å². The molecule has 1 saturated heterocycles. The van der Waals surface area contributed by atoms with Crippen molar-refractivity contribution < 1.29 is 9.59 Å². The molecule has 2 N–H and O–H groups in total. The molecule has 0 radical (unpaired) electrons. The number of piperazine rings is 1. The standard InChI is InChI=1S/C10H18N2O2/c1-5(2)7-9(13)12-8(6(3)4)10(14)11-7/h5-8H,1-4H3,(H,11,14)(H,12,13)/t7-,8-/m0/s1. The van der Waals surface area contributed by atoms with Crippen LogP contribution in [0.5, 0.6) is 0 Å². The lowest BCUT2D eigenvalue weighted by Gasteiger charge is -2.33. The zero-order valence-corrected chi connectivity index (χ0v) is 9.13. The fraction of sp³-hybridized carbons (Fsp3) is 0.800. The normalized spacial score (nSPS) is 27.9. The lowest BCUT2D eigenvalue weighted by molar-refractivity contribution is -0.138. The van der Waals surface area contributed by atoms with E-state index < -0.39 is 0 Å². The van der Waals surface area contributed by atoms with Crippen LogP contribution in [-0.4, -0.2) is 23.9 Å².